The highest BCUT2D eigenvalue weighted by Crippen LogP contribution is 2.12. The Morgan fingerprint density at radius 3 is 0.813 bits per heavy atom. The Morgan fingerprint density at radius 2 is 0.493 bits per heavy atom. The van der Waals surface area contributed by atoms with Gasteiger partial charge in [0.25, 0.3) is 0 Å². The number of carbonyl (C=O) groups excluding carboxylic acids is 3. The Morgan fingerprint density at radius 1 is 0.267 bits per heavy atom. The van der Waals surface area contributed by atoms with Gasteiger partial charge in [0.05, 0.1) is 0 Å². The molecule has 0 aromatic heterocycles. The summed E-state index contributed by atoms with van der Waals surface area (Å²) in [5, 5.41) is 0. The third-order valence-electron chi connectivity index (χ3n) is 11.4. The fraction of sp³-hybridized carbons (Fsp3) is 0.522. The van der Waals surface area contributed by atoms with Crippen molar-refractivity contribution in [1.29, 1.82) is 0 Å². The van der Waals surface area contributed by atoms with Crippen molar-refractivity contribution >= 4 is 17.9 Å². The summed E-state index contributed by atoms with van der Waals surface area (Å²) in [5.41, 5.74) is 0. The van der Waals surface area contributed by atoms with Gasteiger partial charge in [-0.3, -0.25) is 14.4 Å². The molecule has 0 aromatic rings. The number of hydrogen-bond donors (Lipinski definition) is 0. The van der Waals surface area contributed by atoms with Gasteiger partial charge >= 0.3 is 17.9 Å². The van der Waals surface area contributed by atoms with Crippen LogP contribution in [0.1, 0.15) is 213 Å². The molecule has 0 rings (SSSR count). The van der Waals surface area contributed by atoms with E-state index >= 15 is 0 Å². The van der Waals surface area contributed by atoms with Gasteiger partial charge in [0.1, 0.15) is 13.2 Å². The smallest absolute Gasteiger partial charge is 0.306 e. The van der Waals surface area contributed by atoms with E-state index in [4.69, 9.17) is 14.2 Å². The van der Waals surface area contributed by atoms with Crippen LogP contribution < -0.4 is 0 Å². The molecular formula is C69H104O6. The van der Waals surface area contributed by atoms with Crippen LogP contribution >= 0.6 is 0 Å². The summed E-state index contributed by atoms with van der Waals surface area (Å²) in [7, 11) is 0. The predicted octanol–water partition coefficient (Wildman–Crippen LogP) is 20.1. The number of allylic oxidation sites excluding steroid dienone is 30. The molecular weight excluding hydrogens is 925 g/mol. The standard InChI is InChI=1S/C69H104O6/c1-4-7-10-13-16-19-22-25-28-30-31-32-33-34-35-36-37-39-41-44-47-50-53-56-59-62-68(71)74-65-66(64-73-67(70)61-58-55-52-49-46-43-40-27-24-21-18-15-12-9-6-3)75-69(72)63-60-57-54-51-48-45-42-38-29-26-23-20-17-14-11-8-5-2/h7-12,16-21,25-29,31-32,34-35,37,39-40,42,45-46,49,51,54,66H,4-6,13-15,22-24,30,33,36,38,41,43-44,47-48,50,52-53,55-65H2,1-3H3/b10-7-,11-8-,12-9-,19-16-,20-17-,21-18-,28-25-,29-26-,32-31-,35-34-,39-37-,40-27-,45-42-,49-46-,54-51-. The summed E-state index contributed by atoms with van der Waals surface area (Å²) < 4.78 is 16.8. The van der Waals surface area contributed by atoms with Crippen LogP contribution in [-0.4, -0.2) is 37.2 Å². The first kappa shape index (κ1) is 69.5. The van der Waals surface area contributed by atoms with Crippen molar-refractivity contribution in [3.05, 3.63) is 182 Å². The molecule has 6 nitrogen and oxygen atoms in total. The number of esters is 3. The van der Waals surface area contributed by atoms with Crippen molar-refractivity contribution < 1.29 is 28.6 Å². The number of carbonyl (C=O) groups is 3. The lowest BCUT2D eigenvalue weighted by atomic mass is 10.1. The Kier molecular flexibility index (Phi) is 56.6. The van der Waals surface area contributed by atoms with E-state index in [0.29, 0.717) is 19.3 Å². The third-order valence-corrected chi connectivity index (χ3v) is 11.4. The van der Waals surface area contributed by atoms with E-state index in [9.17, 15) is 14.4 Å². The van der Waals surface area contributed by atoms with E-state index in [0.717, 1.165) is 148 Å². The molecule has 0 bridgehead atoms. The first-order chi connectivity index (χ1) is 37.0. The highest BCUT2D eigenvalue weighted by Gasteiger charge is 2.19. The number of hydrogen-bond acceptors (Lipinski definition) is 6. The second kappa shape index (κ2) is 61.1. The van der Waals surface area contributed by atoms with Gasteiger partial charge < -0.3 is 14.2 Å². The van der Waals surface area contributed by atoms with Crippen molar-refractivity contribution in [3.63, 3.8) is 0 Å². The summed E-state index contributed by atoms with van der Waals surface area (Å²) in [4.78, 5) is 38.2. The van der Waals surface area contributed by atoms with Crippen LogP contribution in [0.25, 0.3) is 0 Å². The summed E-state index contributed by atoms with van der Waals surface area (Å²) in [6, 6.07) is 0. The molecule has 1 unspecified atom stereocenters. The molecule has 0 heterocycles. The summed E-state index contributed by atoms with van der Waals surface area (Å²) in [6.07, 6.45) is 91.8. The van der Waals surface area contributed by atoms with Gasteiger partial charge in [0, 0.05) is 19.3 Å². The van der Waals surface area contributed by atoms with Crippen molar-refractivity contribution in [2.75, 3.05) is 13.2 Å². The SMILES string of the molecule is CC/C=C\C/C=C\C/C=C\C/C=C\C/C=C\C/C=C\CCCCCCCCC(=O)OCC(COC(=O)CCCC/C=C\C/C=C\C/C=C\C/C=C\CC)OC(=O)CCC/C=C\C/C=C\C/C=C\C/C=C\C/C=C\CC. The van der Waals surface area contributed by atoms with E-state index in [1.54, 1.807) is 0 Å². The summed E-state index contributed by atoms with van der Waals surface area (Å²) in [5.74, 6) is -1.06. The second-order valence-corrected chi connectivity index (χ2v) is 18.4. The molecule has 0 aliphatic heterocycles. The van der Waals surface area contributed by atoms with Gasteiger partial charge in [0.2, 0.25) is 0 Å². The Labute approximate surface area is 459 Å². The largest absolute Gasteiger partial charge is 0.462 e. The normalized spacial score (nSPS) is 13.5. The maximum atomic E-state index is 12.8. The topological polar surface area (TPSA) is 78.9 Å². The van der Waals surface area contributed by atoms with Gasteiger partial charge in [-0.15, -0.1) is 0 Å². The van der Waals surface area contributed by atoms with E-state index in [1.807, 2.05) is 0 Å². The maximum absolute atomic E-state index is 12.8. The lowest BCUT2D eigenvalue weighted by molar-refractivity contribution is -0.167. The fourth-order valence-electron chi connectivity index (χ4n) is 7.12. The van der Waals surface area contributed by atoms with Crippen molar-refractivity contribution in [2.45, 2.75) is 219 Å². The van der Waals surface area contributed by atoms with E-state index in [2.05, 4.69) is 203 Å². The molecule has 0 fully saturated rings. The van der Waals surface area contributed by atoms with Crippen LogP contribution in [0.4, 0.5) is 0 Å². The zero-order valence-corrected chi connectivity index (χ0v) is 47.5. The van der Waals surface area contributed by atoms with E-state index < -0.39 is 12.1 Å². The Hall–Kier alpha value is -5.49. The van der Waals surface area contributed by atoms with Crippen molar-refractivity contribution in [3.8, 4) is 0 Å². The monoisotopic (exact) mass is 1030 g/mol. The van der Waals surface area contributed by atoms with Gasteiger partial charge in [-0.05, 0) is 148 Å². The highest BCUT2D eigenvalue weighted by atomic mass is 16.6. The van der Waals surface area contributed by atoms with Gasteiger partial charge in [-0.2, -0.15) is 0 Å². The molecule has 0 aromatic carbocycles. The molecule has 0 spiro atoms. The minimum Gasteiger partial charge on any atom is -0.462 e. The van der Waals surface area contributed by atoms with Gasteiger partial charge in [-0.25, -0.2) is 0 Å². The zero-order chi connectivity index (χ0) is 54.3. The lowest BCUT2D eigenvalue weighted by Crippen LogP contribution is -2.30. The second-order valence-electron chi connectivity index (χ2n) is 18.4. The first-order valence-corrected chi connectivity index (χ1v) is 29.3. The lowest BCUT2D eigenvalue weighted by Gasteiger charge is -2.18. The maximum Gasteiger partial charge on any atom is 0.306 e. The van der Waals surface area contributed by atoms with Crippen molar-refractivity contribution in [2.24, 2.45) is 0 Å². The van der Waals surface area contributed by atoms with Crippen LogP contribution in [0.5, 0.6) is 0 Å². The number of ether oxygens (including phenoxy) is 3. The van der Waals surface area contributed by atoms with E-state index in [1.165, 1.54) is 12.8 Å². The minimum absolute atomic E-state index is 0.132. The average Bonchev–Trinajstić information content (AvgIpc) is 3.41. The Balaban J connectivity index is 4.55. The highest BCUT2D eigenvalue weighted by molar-refractivity contribution is 5.71. The molecule has 0 saturated carbocycles. The molecule has 416 valence electrons. The minimum atomic E-state index is -0.843. The van der Waals surface area contributed by atoms with Gasteiger partial charge in [0.15, 0.2) is 6.10 Å². The molecule has 0 amide bonds. The summed E-state index contributed by atoms with van der Waals surface area (Å²) in [6.45, 7) is 6.18. The molecule has 0 aliphatic rings. The molecule has 6 heteroatoms. The van der Waals surface area contributed by atoms with E-state index in [-0.39, 0.29) is 38.0 Å². The number of unbranched alkanes of at least 4 members (excludes halogenated alkanes) is 9. The van der Waals surface area contributed by atoms with Crippen LogP contribution in [-0.2, 0) is 28.6 Å². The molecule has 75 heavy (non-hydrogen) atoms. The molecule has 0 radical (unpaired) electrons. The van der Waals surface area contributed by atoms with Gasteiger partial charge in [-0.1, -0.05) is 229 Å². The molecule has 1 atom stereocenters. The summed E-state index contributed by atoms with van der Waals surface area (Å²) >= 11 is 0. The van der Waals surface area contributed by atoms with Crippen molar-refractivity contribution in [1.82, 2.24) is 0 Å². The van der Waals surface area contributed by atoms with Crippen LogP contribution in [0, 0.1) is 0 Å². The molecule has 0 saturated heterocycles. The van der Waals surface area contributed by atoms with Crippen LogP contribution in [0.15, 0.2) is 182 Å². The quantitative estimate of drug-likeness (QED) is 0.0261. The first-order valence-electron chi connectivity index (χ1n) is 29.3. The van der Waals surface area contributed by atoms with Crippen LogP contribution in [0.3, 0.4) is 0 Å². The third kappa shape index (κ3) is 59.3. The molecule has 0 aliphatic carbocycles. The average molecular weight is 1030 g/mol. The number of rotatable bonds is 50. The Bertz CT molecular complexity index is 1800. The fourth-order valence-corrected chi connectivity index (χ4v) is 7.12. The molecule has 0 N–H and O–H groups in total. The predicted molar refractivity (Wildman–Crippen MR) is 324 cm³/mol. The van der Waals surface area contributed by atoms with Crippen LogP contribution in [0.2, 0.25) is 0 Å². The zero-order valence-electron chi connectivity index (χ0n) is 47.5.